The van der Waals surface area contributed by atoms with Crippen molar-refractivity contribution < 1.29 is 24.1 Å². The van der Waals surface area contributed by atoms with Gasteiger partial charge in [-0.2, -0.15) is 4.98 Å². The van der Waals surface area contributed by atoms with E-state index >= 15 is 0 Å². The fourth-order valence-electron chi connectivity index (χ4n) is 1.64. The second-order valence-electron chi connectivity index (χ2n) is 3.96. The zero-order chi connectivity index (χ0) is 15.4. The van der Waals surface area contributed by atoms with E-state index in [-0.39, 0.29) is 18.2 Å². The van der Waals surface area contributed by atoms with E-state index < -0.39 is 22.1 Å². The van der Waals surface area contributed by atoms with E-state index in [0.717, 1.165) is 6.07 Å². The highest BCUT2D eigenvalue weighted by molar-refractivity contribution is 5.95. The lowest BCUT2D eigenvalue weighted by molar-refractivity contribution is -0.385. The van der Waals surface area contributed by atoms with E-state index in [9.17, 15) is 14.9 Å². The van der Waals surface area contributed by atoms with Gasteiger partial charge < -0.3 is 14.4 Å². The number of benzene rings is 1. The number of aromatic carboxylic acids is 1. The van der Waals surface area contributed by atoms with Crippen molar-refractivity contribution in [3.05, 3.63) is 45.6 Å². The van der Waals surface area contributed by atoms with Crippen molar-refractivity contribution in [3.63, 3.8) is 0 Å². The van der Waals surface area contributed by atoms with Gasteiger partial charge in [0.15, 0.2) is 12.2 Å². The average molecular weight is 293 g/mol. The van der Waals surface area contributed by atoms with Crippen LogP contribution in [-0.4, -0.2) is 26.1 Å². The molecule has 1 aromatic carbocycles. The standard InChI is InChI=1S/C12H11N3O6/c1-2-10-13-9(14-21-10)6-20-8-5-3-4-7(15(18)19)11(8)12(16)17/h3-5H,2,6H2,1H3,(H,16,17). The maximum atomic E-state index is 11.2. The molecule has 2 rings (SSSR count). The lowest BCUT2D eigenvalue weighted by Gasteiger charge is -2.07. The number of hydrogen-bond acceptors (Lipinski definition) is 7. The van der Waals surface area contributed by atoms with Gasteiger partial charge in [0.1, 0.15) is 5.75 Å². The van der Waals surface area contributed by atoms with E-state index in [4.69, 9.17) is 14.4 Å². The second kappa shape index (κ2) is 5.99. The molecule has 9 heteroatoms. The molecule has 9 nitrogen and oxygen atoms in total. The fourth-order valence-corrected chi connectivity index (χ4v) is 1.64. The highest BCUT2D eigenvalue weighted by Gasteiger charge is 2.25. The predicted octanol–water partition coefficient (Wildman–Crippen LogP) is 1.82. The quantitative estimate of drug-likeness (QED) is 0.630. The Hall–Kier alpha value is -2.97. The van der Waals surface area contributed by atoms with Crippen molar-refractivity contribution in [3.8, 4) is 5.75 Å². The molecule has 110 valence electrons. The minimum absolute atomic E-state index is 0.125. The van der Waals surface area contributed by atoms with Crippen LogP contribution in [0.4, 0.5) is 5.69 Å². The maximum Gasteiger partial charge on any atom is 0.346 e. The van der Waals surface area contributed by atoms with Crippen LogP contribution in [0, 0.1) is 10.1 Å². The Morgan fingerprint density at radius 3 is 2.86 bits per heavy atom. The molecule has 0 amide bonds. The van der Waals surface area contributed by atoms with Gasteiger partial charge in [0.2, 0.25) is 11.7 Å². The highest BCUT2D eigenvalue weighted by atomic mass is 16.6. The fraction of sp³-hybridized carbons (Fsp3) is 0.250. The summed E-state index contributed by atoms with van der Waals surface area (Å²) < 4.78 is 10.1. The maximum absolute atomic E-state index is 11.2. The van der Waals surface area contributed by atoms with Gasteiger partial charge in [-0.1, -0.05) is 18.1 Å². The number of hydrogen-bond donors (Lipinski definition) is 1. The molecule has 0 aliphatic rings. The Balaban J connectivity index is 2.25. The average Bonchev–Trinajstić information content (AvgIpc) is 2.92. The molecule has 0 atom stereocenters. The smallest absolute Gasteiger partial charge is 0.346 e. The molecular formula is C12H11N3O6. The van der Waals surface area contributed by atoms with Crippen LogP contribution >= 0.6 is 0 Å². The third-order valence-electron chi connectivity index (χ3n) is 2.58. The Bertz CT molecular complexity index is 681. The van der Waals surface area contributed by atoms with Crippen LogP contribution in [0.5, 0.6) is 5.75 Å². The molecule has 0 spiro atoms. The van der Waals surface area contributed by atoms with Crippen molar-refractivity contribution in [2.75, 3.05) is 0 Å². The molecule has 0 saturated carbocycles. The number of ether oxygens (including phenoxy) is 1. The number of aromatic nitrogens is 2. The highest BCUT2D eigenvalue weighted by Crippen LogP contribution is 2.28. The van der Waals surface area contributed by atoms with E-state index in [1.165, 1.54) is 12.1 Å². The molecular weight excluding hydrogens is 282 g/mol. The topological polar surface area (TPSA) is 129 Å². The van der Waals surface area contributed by atoms with Crippen LogP contribution in [0.25, 0.3) is 0 Å². The van der Waals surface area contributed by atoms with E-state index in [2.05, 4.69) is 10.1 Å². The molecule has 0 saturated heterocycles. The molecule has 0 fully saturated rings. The van der Waals surface area contributed by atoms with Crippen molar-refractivity contribution in [2.24, 2.45) is 0 Å². The molecule has 0 unspecified atom stereocenters. The van der Waals surface area contributed by atoms with Crippen LogP contribution in [-0.2, 0) is 13.0 Å². The van der Waals surface area contributed by atoms with Gasteiger partial charge in [-0.05, 0) is 6.07 Å². The summed E-state index contributed by atoms with van der Waals surface area (Å²) in [7, 11) is 0. The van der Waals surface area contributed by atoms with Crippen LogP contribution in [0.15, 0.2) is 22.7 Å². The van der Waals surface area contributed by atoms with Crippen LogP contribution in [0.2, 0.25) is 0 Å². The Kier molecular flexibility index (Phi) is 4.12. The van der Waals surface area contributed by atoms with Gasteiger partial charge in [0.25, 0.3) is 5.69 Å². The summed E-state index contributed by atoms with van der Waals surface area (Å²) in [6.45, 7) is 1.69. The number of carboxylic acid groups (broad SMARTS) is 1. The predicted molar refractivity (Wildman–Crippen MR) is 68.1 cm³/mol. The molecule has 0 bridgehead atoms. The first-order valence-electron chi connectivity index (χ1n) is 5.98. The van der Waals surface area contributed by atoms with Crippen molar-refractivity contribution in [2.45, 2.75) is 20.0 Å². The number of rotatable bonds is 6. The molecule has 1 N–H and O–H groups in total. The summed E-state index contributed by atoms with van der Waals surface area (Å²) in [5.74, 6) is -0.917. The summed E-state index contributed by atoms with van der Waals surface area (Å²) in [5, 5.41) is 23.6. The Morgan fingerprint density at radius 1 is 1.52 bits per heavy atom. The number of carboxylic acids is 1. The Labute approximate surface area is 118 Å². The number of nitro groups is 1. The Morgan fingerprint density at radius 2 is 2.29 bits per heavy atom. The molecule has 0 radical (unpaired) electrons. The summed E-state index contributed by atoms with van der Waals surface area (Å²) in [6.07, 6.45) is 0.560. The summed E-state index contributed by atoms with van der Waals surface area (Å²) >= 11 is 0. The summed E-state index contributed by atoms with van der Waals surface area (Å²) in [4.78, 5) is 25.2. The third kappa shape index (κ3) is 3.14. The van der Waals surface area contributed by atoms with Crippen LogP contribution < -0.4 is 4.74 Å². The van der Waals surface area contributed by atoms with Gasteiger partial charge in [-0.15, -0.1) is 0 Å². The molecule has 1 aromatic heterocycles. The normalized spacial score (nSPS) is 10.3. The van der Waals surface area contributed by atoms with Gasteiger partial charge in [-0.3, -0.25) is 10.1 Å². The first kappa shape index (κ1) is 14.4. The number of aryl methyl sites for hydroxylation is 1. The van der Waals surface area contributed by atoms with E-state index in [0.29, 0.717) is 12.3 Å². The molecule has 21 heavy (non-hydrogen) atoms. The van der Waals surface area contributed by atoms with E-state index in [1.54, 1.807) is 0 Å². The SMILES string of the molecule is CCc1nc(COc2cccc([N+](=O)[O-])c2C(=O)O)no1. The number of nitro benzene ring substituents is 1. The van der Waals surface area contributed by atoms with Crippen LogP contribution in [0.3, 0.4) is 0 Å². The number of nitrogens with zero attached hydrogens (tertiary/aromatic N) is 3. The summed E-state index contributed by atoms with van der Waals surface area (Å²) in [5.41, 5.74) is -1.05. The zero-order valence-corrected chi connectivity index (χ0v) is 11.0. The zero-order valence-electron chi connectivity index (χ0n) is 11.0. The first-order valence-corrected chi connectivity index (χ1v) is 5.98. The first-order chi connectivity index (χ1) is 10.0. The van der Waals surface area contributed by atoms with E-state index in [1.807, 2.05) is 6.92 Å². The van der Waals surface area contributed by atoms with Crippen molar-refractivity contribution in [1.29, 1.82) is 0 Å². The van der Waals surface area contributed by atoms with Gasteiger partial charge >= 0.3 is 5.97 Å². The monoisotopic (exact) mass is 293 g/mol. The number of carbonyl (C=O) groups is 1. The van der Waals surface area contributed by atoms with Crippen molar-refractivity contribution >= 4 is 11.7 Å². The third-order valence-corrected chi connectivity index (χ3v) is 2.58. The minimum atomic E-state index is -1.44. The molecule has 2 aromatic rings. The van der Waals surface area contributed by atoms with Crippen molar-refractivity contribution in [1.82, 2.24) is 10.1 Å². The summed E-state index contributed by atoms with van der Waals surface area (Å²) in [6, 6.07) is 3.77. The second-order valence-corrected chi connectivity index (χ2v) is 3.96. The lowest BCUT2D eigenvalue weighted by Crippen LogP contribution is -2.07. The minimum Gasteiger partial charge on any atom is -0.484 e. The van der Waals surface area contributed by atoms with Gasteiger partial charge in [0.05, 0.1) is 4.92 Å². The molecule has 0 aliphatic carbocycles. The van der Waals surface area contributed by atoms with Gasteiger partial charge in [0, 0.05) is 12.5 Å². The molecule has 0 aliphatic heterocycles. The largest absolute Gasteiger partial charge is 0.484 e. The molecule has 1 heterocycles. The van der Waals surface area contributed by atoms with Gasteiger partial charge in [-0.25, -0.2) is 4.79 Å². The lowest BCUT2D eigenvalue weighted by atomic mass is 10.1. The van der Waals surface area contributed by atoms with Crippen LogP contribution in [0.1, 0.15) is 29.0 Å².